The fraction of sp³-hybridized carbons (Fsp3) is 0.522. The lowest BCUT2D eigenvalue weighted by Gasteiger charge is -2.35. The number of nitrogens with two attached hydrogens (primary N) is 1. The molecule has 1 unspecified atom stereocenters. The van der Waals surface area contributed by atoms with Gasteiger partial charge in [-0.2, -0.15) is 0 Å². The molecule has 188 valence electrons. The third kappa shape index (κ3) is 4.12. The van der Waals surface area contributed by atoms with Gasteiger partial charge in [-0.15, -0.1) is 0 Å². The molecule has 4 atom stereocenters. The van der Waals surface area contributed by atoms with Crippen LogP contribution in [0.1, 0.15) is 46.4 Å². The van der Waals surface area contributed by atoms with Crippen LogP contribution in [-0.2, 0) is 28.6 Å². The van der Waals surface area contributed by atoms with E-state index in [1.807, 2.05) is 0 Å². The normalized spacial score (nSPS) is 26.0. The van der Waals surface area contributed by atoms with Crippen LogP contribution in [0.2, 0.25) is 0 Å². The lowest BCUT2D eigenvalue weighted by Crippen LogP contribution is -2.51. The topological polar surface area (TPSA) is 168 Å². The zero-order chi connectivity index (χ0) is 25.7. The number of nitrogens with zero attached hydrogens (tertiary/aromatic N) is 3. The van der Waals surface area contributed by atoms with Crippen molar-refractivity contribution in [3.63, 3.8) is 0 Å². The van der Waals surface area contributed by atoms with E-state index in [0.29, 0.717) is 16.6 Å². The molecule has 0 aliphatic carbocycles. The molecular weight excluding hydrogens is 458 g/mol. The number of aliphatic hydroxyl groups excluding tert-OH is 1. The molecule has 0 aromatic carbocycles. The standard InChI is InChI=1S/C23H29N5O7/c1-10(2)20(31)34-17-14(8-29)33-22(23(17,5)35-21(32)11(3)4)28-7-12-13(24)6-15(30)27-18-16(12)19(28)26-9-25-18/h6-7,9-11,14,17,22,29H,8,24H2,1-5H3,(H,25,26,27,30)/t14-,17-,22-,23?/m1/s1. The summed E-state index contributed by atoms with van der Waals surface area (Å²) in [6, 6.07) is 0. The Balaban J connectivity index is 1.89. The Kier molecular flexibility index (Phi) is 6.28. The van der Waals surface area contributed by atoms with E-state index in [1.54, 1.807) is 45.4 Å². The number of carbonyl (C=O) groups is 3. The zero-order valence-corrected chi connectivity index (χ0v) is 20.1. The molecule has 4 heterocycles. The maximum atomic E-state index is 12.8. The summed E-state index contributed by atoms with van der Waals surface area (Å²) in [6.07, 6.45) is 0.953. The Hall–Kier alpha value is -3.51. The van der Waals surface area contributed by atoms with Crippen molar-refractivity contribution >= 4 is 40.4 Å². The van der Waals surface area contributed by atoms with Gasteiger partial charge in [-0.3, -0.25) is 14.4 Å². The van der Waals surface area contributed by atoms with Crippen molar-refractivity contribution in [3.05, 3.63) is 24.2 Å². The van der Waals surface area contributed by atoms with Crippen LogP contribution in [0.4, 0.5) is 5.82 Å². The van der Waals surface area contributed by atoms with Gasteiger partial charge in [0, 0.05) is 23.5 Å². The van der Waals surface area contributed by atoms with Gasteiger partial charge in [-0.05, 0) is 6.92 Å². The smallest absolute Gasteiger partial charge is 0.309 e. The molecule has 2 aliphatic rings. The maximum absolute atomic E-state index is 12.8. The number of hydrogen-bond acceptors (Lipinski definition) is 10. The van der Waals surface area contributed by atoms with Crippen LogP contribution in [0, 0.1) is 11.8 Å². The van der Waals surface area contributed by atoms with Crippen molar-refractivity contribution < 1.29 is 33.7 Å². The van der Waals surface area contributed by atoms with E-state index in [4.69, 9.17) is 19.9 Å². The van der Waals surface area contributed by atoms with E-state index < -0.39 is 60.3 Å². The zero-order valence-electron chi connectivity index (χ0n) is 20.1. The molecule has 1 amide bonds. The van der Waals surface area contributed by atoms with E-state index in [9.17, 15) is 19.5 Å². The van der Waals surface area contributed by atoms with Crippen LogP contribution in [0.3, 0.4) is 0 Å². The number of carbonyl (C=O) groups excluding carboxylic acids is 3. The number of aromatic nitrogens is 3. The molecular formula is C23H29N5O7. The van der Waals surface area contributed by atoms with Crippen molar-refractivity contribution in [3.8, 4) is 0 Å². The predicted octanol–water partition coefficient (Wildman–Crippen LogP) is 1.10. The molecule has 0 spiro atoms. The molecule has 1 fully saturated rings. The monoisotopic (exact) mass is 487 g/mol. The summed E-state index contributed by atoms with van der Waals surface area (Å²) in [5, 5.41) is 13.2. The maximum Gasteiger partial charge on any atom is 0.309 e. The van der Waals surface area contributed by atoms with Gasteiger partial charge in [0.1, 0.15) is 23.9 Å². The molecule has 2 aromatic rings. The lowest BCUT2D eigenvalue weighted by molar-refractivity contribution is -0.191. The first kappa shape index (κ1) is 24.6. The van der Waals surface area contributed by atoms with Crippen LogP contribution in [-0.4, -0.2) is 61.9 Å². The second kappa shape index (κ2) is 8.93. The van der Waals surface area contributed by atoms with Gasteiger partial charge in [-0.25, -0.2) is 9.97 Å². The molecule has 12 heteroatoms. The number of esters is 2. The molecule has 12 nitrogen and oxygen atoms in total. The van der Waals surface area contributed by atoms with Crippen molar-refractivity contribution in [2.45, 2.75) is 58.7 Å². The molecule has 0 saturated carbocycles. The summed E-state index contributed by atoms with van der Waals surface area (Å²) in [5.41, 5.74) is 5.62. The third-order valence-corrected chi connectivity index (χ3v) is 6.08. The highest BCUT2D eigenvalue weighted by Crippen LogP contribution is 2.46. The number of anilines is 1. The minimum absolute atomic E-state index is 0.181. The number of rotatable bonds is 6. The molecule has 2 aliphatic heterocycles. The quantitative estimate of drug-likeness (QED) is 0.502. The highest BCUT2D eigenvalue weighted by molar-refractivity contribution is 6.13. The summed E-state index contributed by atoms with van der Waals surface area (Å²) >= 11 is 0. The van der Waals surface area contributed by atoms with Crippen molar-refractivity contribution in [2.24, 2.45) is 17.6 Å². The molecule has 4 rings (SSSR count). The molecule has 0 radical (unpaired) electrons. The number of hydrogen-bond donors (Lipinski definition) is 3. The summed E-state index contributed by atoms with van der Waals surface area (Å²) < 4.78 is 19.4. The minimum atomic E-state index is -1.54. The van der Waals surface area contributed by atoms with E-state index in [-0.39, 0.29) is 11.5 Å². The highest BCUT2D eigenvalue weighted by Gasteiger charge is 2.60. The lowest BCUT2D eigenvalue weighted by atomic mass is 9.95. The van der Waals surface area contributed by atoms with Gasteiger partial charge in [0.15, 0.2) is 17.9 Å². The van der Waals surface area contributed by atoms with Crippen LogP contribution in [0.5, 0.6) is 0 Å². The van der Waals surface area contributed by atoms with Crippen molar-refractivity contribution in [2.75, 3.05) is 11.9 Å². The molecule has 2 aromatic heterocycles. The minimum Gasteiger partial charge on any atom is -0.455 e. The average molecular weight is 488 g/mol. The molecule has 4 N–H and O–H groups in total. The van der Waals surface area contributed by atoms with E-state index in [2.05, 4.69) is 15.3 Å². The average Bonchev–Trinajstić information content (AvgIpc) is 3.25. The van der Waals surface area contributed by atoms with Gasteiger partial charge in [0.05, 0.1) is 23.8 Å². The predicted molar refractivity (Wildman–Crippen MR) is 123 cm³/mol. The van der Waals surface area contributed by atoms with Crippen LogP contribution in [0.25, 0.3) is 16.7 Å². The van der Waals surface area contributed by atoms with Gasteiger partial charge in [0.25, 0.3) is 5.91 Å². The van der Waals surface area contributed by atoms with Crippen LogP contribution < -0.4 is 11.1 Å². The van der Waals surface area contributed by atoms with Gasteiger partial charge >= 0.3 is 11.9 Å². The summed E-state index contributed by atoms with van der Waals surface area (Å²) in [7, 11) is 0. The first-order valence-electron chi connectivity index (χ1n) is 11.3. The SMILES string of the molecule is CC(C)C(=O)O[C@@H]1[C@@H](CO)O[C@@H](n2cc3c4c(ncnc42)NC(=O)C=C3N)C1(C)OC(=O)C(C)C. The van der Waals surface area contributed by atoms with Crippen molar-refractivity contribution in [1.82, 2.24) is 14.5 Å². The summed E-state index contributed by atoms with van der Waals surface area (Å²) in [4.78, 5) is 46.0. The van der Waals surface area contributed by atoms with E-state index in [1.165, 1.54) is 12.4 Å². The molecule has 1 saturated heterocycles. The highest BCUT2D eigenvalue weighted by atomic mass is 16.7. The number of aliphatic hydroxyl groups is 1. The second-order valence-corrected chi connectivity index (χ2v) is 9.44. The number of ether oxygens (including phenoxy) is 3. The first-order valence-corrected chi connectivity index (χ1v) is 11.3. The fourth-order valence-corrected chi connectivity index (χ4v) is 4.21. The third-order valence-electron chi connectivity index (χ3n) is 6.08. The molecule has 35 heavy (non-hydrogen) atoms. The van der Waals surface area contributed by atoms with E-state index >= 15 is 0 Å². The van der Waals surface area contributed by atoms with Gasteiger partial charge in [-0.1, -0.05) is 27.7 Å². The largest absolute Gasteiger partial charge is 0.455 e. The number of amides is 1. The van der Waals surface area contributed by atoms with Crippen LogP contribution >= 0.6 is 0 Å². The Bertz CT molecular complexity index is 1220. The summed E-state index contributed by atoms with van der Waals surface area (Å²) in [6.45, 7) is 7.80. The Morgan fingerprint density at radius 2 is 1.94 bits per heavy atom. The Morgan fingerprint density at radius 3 is 2.57 bits per heavy atom. The first-order chi connectivity index (χ1) is 16.5. The van der Waals surface area contributed by atoms with Crippen LogP contribution in [0.15, 0.2) is 18.6 Å². The number of nitrogens with one attached hydrogen (secondary N) is 1. The molecule has 0 bridgehead atoms. The fourth-order valence-electron chi connectivity index (χ4n) is 4.21. The Labute approximate surface area is 201 Å². The second-order valence-electron chi connectivity index (χ2n) is 9.44. The Morgan fingerprint density at radius 1 is 1.26 bits per heavy atom. The summed E-state index contributed by atoms with van der Waals surface area (Å²) in [5.74, 6) is -2.18. The van der Waals surface area contributed by atoms with E-state index in [0.717, 1.165) is 0 Å². The van der Waals surface area contributed by atoms with Gasteiger partial charge < -0.3 is 34.9 Å². The van der Waals surface area contributed by atoms with Crippen molar-refractivity contribution in [1.29, 1.82) is 0 Å². The van der Waals surface area contributed by atoms with Gasteiger partial charge in [0.2, 0.25) is 0 Å².